The van der Waals surface area contributed by atoms with Crippen LogP contribution in [0.4, 0.5) is 0 Å². The highest BCUT2D eigenvalue weighted by Crippen LogP contribution is 2.36. The van der Waals surface area contributed by atoms with Gasteiger partial charge in [0.2, 0.25) is 0 Å². The Balaban J connectivity index is 0.00000529. The Morgan fingerprint density at radius 2 is 1.96 bits per heavy atom. The van der Waals surface area contributed by atoms with Gasteiger partial charge in [0.05, 0.1) is 31.9 Å². The van der Waals surface area contributed by atoms with Crippen molar-refractivity contribution in [2.45, 2.75) is 20.4 Å². The van der Waals surface area contributed by atoms with Gasteiger partial charge in [0.1, 0.15) is 0 Å². The number of hydrogen-bond acceptors (Lipinski definition) is 4. The molecule has 0 bridgehead atoms. The van der Waals surface area contributed by atoms with E-state index in [1.54, 1.807) is 14.2 Å². The lowest BCUT2D eigenvalue weighted by molar-refractivity contribution is 0.203. The first-order valence-electron chi connectivity index (χ1n) is 7.66. The number of methoxy groups -OCH3 is 2. The largest absolute Gasteiger partial charge is 0.493 e. The van der Waals surface area contributed by atoms with Gasteiger partial charge in [0.25, 0.3) is 0 Å². The first-order chi connectivity index (χ1) is 11.2. The summed E-state index contributed by atoms with van der Waals surface area (Å²) in [4.78, 5) is 4.53. The SMILES string of the molecule is CCNC(=NCc1cc(Cl)c(OCC)c(OC)c1)NCCOC.I. The number of guanidine groups is 1. The van der Waals surface area contributed by atoms with Gasteiger partial charge < -0.3 is 24.8 Å². The van der Waals surface area contributed by atoms with Crippen molar-refractivity contribution in [1.82, 2.24) is 10.6 Å². The fourth-order valence-electron chi connectivity index (χ4n) is 1.93. The van der Waals surface area contributed by atoms with Crippen LogP contribution in [0.1, 0.15) is 19.4 Å². The zero-order valence-corrected chi connectivity index (χ0v) is 17.7. The predicted molar refractivity (Wildman–Crippen MR) is 109 cm³/mol. The molecule has 0 aliphatic carbocycles. The third-order valence-electron chi connectivity index (χ3n) is 2.94. The van der Waals surface area contributed by atoms with Gasteiger partial charge in [-0.05, 0) is 31.5 Å². The lowest BCUT2D eigenvalue weighted by atomic mass is 10.2. The van der Waals surface area contributed by atoms with Crippen LogP contribution in [-0.2, 0) is 11.3 Å². The minimum Gasteiger partial charge on any atom is -0.493 e. The number of hydrogen-bond donors (Lipinski definition) is 2. The maximum Gasteiger partial charge on any atom is 0.191 e. The molecule has 0 aliphatic rings. The van der Waals surface area contributed by atoms with E-state index in [0.717, 1.165) is 18.1 Å². The monoisotopic (exact) mass is 471 g/mol. The number of aliphatic imine (C=N–C) groups is 1. The summed E-state index contributed by atoms with van der Waals surface area (Å²) in [5, 5.41) is 6.89. The molecule has 1 rings (SSSR count). The van der Waals surface area contributed by atoms with Crippen molar-refractivity contribution in [3.63, 3.8) is 0 Å². The maximum absolute atomic E-state index is 6.27. The van der Waals surface area contributed by atoms with Crippen LogP contribution in [0.3, 0.4) is 0 Å². The smallest absolute Gasteiger partial charge is 0.191 e. The topological polar surface area (TPSA) is 64.1 Å². The summed E-state index contributed by atoms with van der Waals surface area (Å²) in [6.45, 7) is 7.02. The Morgan fingerprint density at radius 3 is 2.54 bits per heavy atom. The highest BCUT2D eigenvalue weighted by atomic mass is 127. The van der Waals surface area contributed by atoms with Gasteiger partial charge in [-0.15, -0.1) is 24.0 Å². The summed E-state index contributed by atoms with van der Waals surface area (Å²) < 4.78 is 15.9. The molecule has 0 radical (unpaired) electrons. The average Bonchev–Trinajstić information content (AvgIpc) is 2.55. The van der Waals surface area contributed by atoms with Gasteiger partial charge in [-0.2, -0.15) is 0 Å². The third-order valence-corrected chi connectivity index (χ3v) is 3.22. The molecule has 0 spiro atoms. The molecule has 0 heterocycles. The molecular formula is C16H27ClIN3O3. The van der Waals surface area contributed by atoms with Crippen LogP contribution in [0.15, 0.2) is 17.1 Å². The van der Waals surface area contributed by atoms with Crippen molar-refractivity contribution in [3.8, 4) is 11.5 Å². The summed E-state index contributed by atoms with van der Waals surface area (Å²) in [5.74, 6) is 1.91. The highest BCUT2D eigenvalue weighted by molar-refractivity contribution is 14.0. The molecule has 2 N–H and O–H groups in total. The Hall–Kier alpha value is -0.930. The van der Waals surface area contributed by atoms with E-state index in [4.69, 9.17) is 25.8 Å². The zero-order chi connectivity index (χ0) is 17.1. The van der Waals surface area contributed by atoms with Crippen LogP contribution in [-0.4, -0.2) is 46.5 Å². The molecule has 0 aliphatic heterocycles. The van der Waals surface area contributed by atoms with E-state index in [1.807, 2.05) is 26.0 Å². The molecular weight excluding hydrogens is 445 g/mol. The Labute approximate surface area is 166 Å². The van der Waals surface area contributed by atoms with Crippen molar-refractivity contribution in [3.05, 3.63) is 22.7 Å². The van der Waals surface area contributed by atoms with E-state index in [2.05, 4.69) is 15.6 Å². The number of nitrogens with one attached hydrogen (secondary N) is 2. The average molecular weight is 472 g/mol. The van der Waals surface area contributed by atoms with Crippen LogP contribution in [0.5, 0.6) is 11.5 Å². The zero-order valence-electron chi connectivity index (χ0n) is 14.6. The summed E-state index contributed by atoms with van der Waals surface area (Å²) in [5.41, 5.74) is 0.944. The predicted octanol–water partition coefficient (Wildman–Crippen LogP) is 3.07. The second-order valence-electron chi connectivity index (χ2n) is 4.66. The Morgan fingerprint density at radius 1 is 1.21 bits per heavy atom. The number of nitrogens with zero attached hydrogens (tertiary/aromatic N) is 1. The summed E-state index contributed by atoms with van der Waals surface area (Å²) in [6.07, 6.45) is 0. The molecule has 0 atom stereocenters. The number of benzene rings is 1. The molecule has 1 aromatic rings. The van der Waals surface area contributed by atoms with Gasteiger partial charge in [0, 0.05) is 20.2 Å². The molecule has 0 unspecified atom stereocenters. The van der Waals surface area contributed by atoms with Crippen molar-refractivity contribution >= 4 is 41.5 Å². The highest BCUT2D eigenvalue weighted by Gasteiger charge is 2.11. The summed E-state index contributed by atoms with van der Waals surface area (Å²) in [6, 6.07) is 3.73. The maximum atomic E-state index is 6.27. The lowest BCUT2D eigenvalue weighted by Crippen LogP contribution is -2.38. The van der Waals surface area contributed by atoms with Crippen LogP contribution in [0, 0.1) is 0 Å². The number of halogens is 2. The van der Waals surface area contributed by atoms with Crippen molar-refractivity contribution in [2.24, 2.45) is 4.99 Å². The molecule has 0 saturated heterocycles. The van der Waals surface area contributed by atoms with E-state index in [0.29, 0.717) is 42.8 Å². The van der Waals surface area contributed by atoms with Crippen LogP contribution >= 0.6 is 35.6 Å². The Bertz CT molecular complexity index is 516. The fourth-order valence-corrected chi connectivity index (χ4v) is 2.22. The van der Waals surface area contributed by atoms with Gasteiger partial charge in [-0.3, -0.25) is 0 Å². The van der Waals surface area contributed by atoms with Gasteiger partial charge in [-0.1, -0.05) is 11.6 Å². The molecule has 0 saturated carbocycles. The van der Waals surface area contributed by atoms with Gasteiger partial charge >= 0.3 is 0 Å². The van der Waals surface area contributed by atoms with E-state index in [9.17, 15) is 0 Å². The van der Waals surface area contributed by atoms with Crippen LogP contribution in [0.2, 0.25) is 5.02 Å². The Kier molecular flexibility index (Phi) is 12.9. The van der Waals surface area contributed by atoms with E-state index in [1.165, 1.54) is 0 Å². The molecule has 0 aromatic heterocycles. The minimum atomic E-state index is 0. The second-order valence-corrected chi connectivity index (χ2v) is 5.06. The van der Waals surface area contributed by atoms with E-state index in [-0.39, 0.29) is 24.0 Å². The van der Waals surface area contributed by atoms with Crippen molar-refractivity contribution < 1.29 is 14.2 Å². The summed E-state index contributed by atoms with van der Waals surface area (Å²) >= 11 is 6.27. The third kappa shape index (κ3) is 7.76. The van der Waals surface area contributed by atoms with Crippen molar-refractivity contribution in [2.75, 3.05) is 40.5 Å². The normalized spacial score (nSPS) is 10.8. The van der Waals surface area contributed by atoms with Gasteiger partial charge in [-0.25, -0.2) is 4.99 Å². The quantitative estimate of drug-likeness (QED) is 0.251. The molecule has 0 amide bonds. The van der Waals surface area contributed by atoms with E-state index >= 15 is 0 Å². The molecule has 0 fully saturated rings. The van der Waals surface area contributed by atoms with Crippen molar-refractivity contribution in [1.29, 1.82) is 0 Å². The minimum absolute atomic E-state index is 0. The summed E-state index contributed by atoms with van der Waals surface area (Å²) in [7, 11) is 3.26. The molecule has 6 nitrogen and oxygen atoms in total. The molecule has 24 heavy (non-hydrogen) atoms. The number of ether oxygens (including phenoxy) is 3. The molecule has 1 aromatic carbocycles. The first kappa shape index (κ1) is 23.1. The fraction of sp³-hybridized carbons (Fsp3) is 0.562. The number of rotatable bonds is 9. The van der Waals surface area contributed by atoms with Crippen LogP contribution in [0.25, 0.3) is 0 Å². The van der Waals surface area contributed by atoms with E-state index < -0.39 is 0 Å². The first-order valence-corrected chi connectivity index (χ1v) is 8.04. The molecule has 138 valence electrons. The van der Waals surface area contributed by atoms with Crippen LogP contribution < -0.4 is 20.1 Å². The van der Waals surface area contributed by atoms with Gasteiger partial charge in [0.15, 0.2) is 17.5 Å². The lowest BCUT2D eigenvalue weighted by Gasteiger charge is -2.13. The standard InChI is InChI=1S/C16H26ClN3O3.HI/c1-5-18-16(19-7-8-21-3)20-11-12-9-13(17)15(23-6-2)14(10-12)22-4;/h9-10H,5-8,11H2,1-4H3,(H2,18,19,20);1H. The second kappa shape index (κ2) is 13.4. The molecule has 8 heteroatoms.